The van der Waals surface area contributed by atoms with Crippen LogP contribution >= 0.6 is 0 Å². The molecule has 1 fully saturated rings. The molecule has 200 valence electrons. The lowest BCUT2D eigenvalue weighted by atomic mass is 10.1. The SMILES string of the molecule is CCC(=Nc1ccc(N(CCN2CCNCC2)S(C)(=O)=O)cc1)c1c(O)[nH]c2cc(OC)c(OC)cc12. The lowest BCUT2D eigenvalue weighted by Crippen LogP contribution is -2.47. The average molecular weight is 530 g/mol. The molecule has 2 aromatic carbocycles. The third-order valence-corrected chi connectivity index (χ3v) is 7.73. The number of aliphatic imine (C=N–C) groups is 1. The summed E-state index contributed by atoms with van der Waals surface area (Å²) in [6.45, 7) is 6.66. The molecule has 0 unspecified atom stereocenters. The Morgan fingerprint density at radius 2 is 1.76 bits per heavy atom. The van der Waals surface area contributed by atoms with Gasteiger partial charge < -0.3 is 24.9 Å². The number of sulfonamides is 1. The first-order chi connectivity index (χ1) is 17.7. The van der Waals surface area contributed by atoms with Gasteiger partial charge in [-0.1, -0.05) is 6.92 Å². The summed E-state index contributed by atoms with van der Waals surface area (Å²) < 4.78 is 37.3. The van der Waals surface area contributed by atoms with Crippen LogP contribution in [0.3, 0.4) is 0 Å². The number of rotatable bonds is 10. The summed E-state index contributed by atoms with van der Waals surface area (Å²) in [6.07, 6.45) is 1.80. The molecule has 0 radical (unpaired) electrons. The molecule has 37 heavy (non-hydrogen) atoms. The summed E-state index contributed by atoms with van der Waals surface area (Å²) in [5.74, 6) is 1.12. The van der Waals surface area contributed by atoms with Crippen LogP contribution in [0.4, 0.5) is 11.4 Å². The molecule has 2 heterocycles. The fraction of sp³-hybridized carbons (Fsp3) is 0.423. The van der Waals surface area contributed by atoms with E-state index in [1.165, 1.54) is 10.6 Å². The zero-order chi connectivity index (χ0) is 26.6. The van der Waals surface area contributed by atoms with Gasteiger partial charge in [0.1, 0.15) is 0 Å². The van der Waals surface area contributed by atoms with Gasteiger partial charge in [-0.3, -0.25) is 14.2 Å². The lowest BCUT2D eigenvalue weighted by molar-refractivity contribution is 0.248. The number of H-pyrrole nitrogens is 1. The van der Waals surface area contributed by atoms with Crippen LogP contribution in [0.1, 0.15) is 18.9 Å². The minimum absolute atomic E-state index is 0.0127. The number of hydrogen-bond donors (Lipinski definition) is 3. The van der Waals surface area contributed by atoms with E-state index >= 15 is 0 Å². The quantitative estimate of drug-likeness (QED) is 0.345. The highest BCUT2D eigenvalue weighted by molar-refractivity contribution is 7.92. The Labute approximate surface area is 217 Å². The molecular formula is C26H35N5O5S. The molecule has 1 aromatic heterocycles. The Bertz CT molecular complexity index is 1360. The molecule has 4 rings (SSSR count). The normalized spacial score (nSPS) is 15.2. The molecule has 3 N–H and O–H groups in total. The van der Waals surface area contributed by atoms with E-state index < -0.39 is 10.0 Å². The van der Waals surface area contributed by atoms with Crippen LogP contribution in [-0.4, -0.2) is 88.9 Å². The monoisotopic (exact) mass is 529 g/mol. The average Bonchev–Trinajstić information content (AvgIpc) is 3.21. The summed E-state index contributed by atoms with van der Waals surface area (Å²) >= 11 is 0. The van der Waals surface area contributed by atoms with Crippen LogP contribution in [0.2, 0.25) is 0 Å². The van der Waals surface area contributed by atoms with Gasteiger partial charge in [0.2, 0.25) is 10.0 Å². The molecule has 0 spiro atoms. The minimum Gasteiger partial charge on any atom is -0.494 e. The number of fused-ring (bicyclic) bond motifs is 1. The van der Waals surface area contributed by atoms with Gasteiger partial charge in [0, 0.05) is 50.7 Å². The van der Waals surface area contributed by atoms with E-state index in [0.717, 1.165) is 31.6 Å². The van der Waals surface area contributed by atoms with Gasteiger partial charge in [0.05, 0.1) is 48.6 Å². The summed E-state index contributed by atoms with van der Waals surface area (Å²) in [6, 6.07) is 10.7. The van der Waals surface area contributed by atoms with Gasteiger partial charge in [-0.05, 0) is 36.8 Å². The van der Waals surface area contributed by atoms with Gasteiger partial charge in [-0.25, -0.2) is 8.42 Å². The number of hydrogen-bond acceptors (Lipinski definition) is 8. The van der Waals surface area contributed by atoms with E-state index in [-0.39, 0.29) is 5.88 Å². The molecular weight excluding hydrogens is 494 g/mol. The predicted octanol–water partition coefficient (Wildman–Crippen LogP) is 3.09. The van der Waals surface area contributed by atoms with Crippen molar-refractivity contribution in [2.75, 3.05) is 64.0 Å². The zero-order valence-electron chi connectivity index (χ0n) is 21.7. The highest BCUT2D eigenvalue weighted by atomic mass is 32.2. The number of benzene rings is 2. The maximum Gasteiger partial charge on any atom is 0.232 e. The molecule has 1 saturated heterocycles. The molecule has 3 aromatic rings. The number of nitrogens with one attached hydrogen (secondary N) is 2. The number of piperazine rings is 1. The van der Waals surface area contributed by atoms with Gasteiger partial charge in [-0.2, -0.15) is 0 Å². The Balaban J connectivity index is 1.62. The largest absolute Gasteiger partial charge is 0.494 e. The van der Waals surface area contributed by atoms with Gasteiger partial charge in [-0.15, -0.1) is 0 Å². The molecule has 10 nitrogen and oxygen atoms in total. The fourth-order valence-corrected chi connectivity index (χ4v) is 5.53. The van der Waals surface area contributed by atoms with Gasteiger partial charge >= 0.3 is 0 Å². The molecule has 0 atom stereocenters. The standard InChI is InChI=1S/C26H35N5O5S/c1-5-21(25-20-16-23(35-2)24(36-3)17-22(20)29-26(25)32)28-18-6-8-19(9-7-18)31(37(4,33)34)15-14-30-12-10-27-11-13-30/h6-9,16-17,27,29,32H,5,10-15H2,1-4H3. The molecule has 0 bridgehead atoms. The number of aromatic hydroxyl groups is 1. The van der Waals surface area contributed by atoms with E-state index in [2.05, 4.69) is 15.2 Å². The van der Waals surface area contributed by atoms with E-state index in [1.807, 2.05) is 13.0 Å². The molecule has 1 aliphatic heterocycles. The first-order valence-corrected chi connectivity index (χ1v) is 14.2. The second kappa shape index (κ2) is 11.4. The number of ether oxygens (including phenoxy) is 2. The van der Waals surface area contributed by atoms with Crippen molar-refractivity contribution in [2.24, 2.45) is 4.99 Å². The topological polar surface area (TPSA) is 119 Å². The van der Waals surface area contributed by atoms with Crippen LogP contribution < -0.4 is 19.1 Å². The summed E-state index contributed by atoms with van der Waals surface area (Å²) in [5, 5.41) is 14.8. The van der Waals surface area contributed by atoms with Crippen molar-refractivity contribution in [2.45, 2.75) is 13.3 Å². The Kier molecular flexibility index (Phi) is 8.25. The van der Waals surface area contributed by atoms with Crippen LogP contribution in [0, 0.1) is 0 Å². The molecule has 1 aliphatic rings. The van der Waals surface area contributed by atoms with Crippen LogP contribution in [0.25, 0.3) is 10.9 Å². The van der Waals surface area contributed by atoms with Crippen molar-refractivity contribution in [3.8, 4) is 17.4 Å². The Morgan fingerprint density at radius 1 is 1.11 bits per heavy atom. The number of anilines is 1. The molecule has 11 heteroatoms. The van der Waals surface area contributed by atoms with Crippen molar-refractivity contribution in [1.82, 2.24) is 15.2 Å². The first-order valence-electron chi connectivity index (χ1n) is 12.3. The van der Waals surface area contributed by atoms with Crippen molar-refractivity contribution in [3.05, 3.63) is 42.0 Å². The number of aromatic nitrogens is 1. The van der Waals surface area contributed by atoms with Crippen LogP contribution in [-0.2, 0) is 10.0 Å². The van der Waals surface area contributed by atoms with Crippen molar-refractivity contribution in [1.29, 1.82) is 0 Å². The zero-order valence-corrected chi connectivity index (χ0v) is 22.6. The summed E-state index contributed by atoms with van der Waals surface area (Å²) in [4.78, 5) is 10.0. The van der Waals surface area contributed by atoms with E-state index in [0.29, 0.717) is 59.2 Å². The van der Waals surface area contributed by atoms with Crippen molar-refractivity contribution >= 4 is 38.0 Å². The number of methoxy groups -OCH3 is 2. The van der Waals surface area contributed by atoms with Gasteiger partial charge in [0.15, 0.2) is 17.4 Å². The van der Waals surface area contributed by atoms with Crippen molar-refractivity contribution < 1.29 is 23.0 Å². The fourth-order valence-electron chi connectivity index (χ4n) is 4.61. The summed E-state index contributed by atoms with van der Waals surface area (Å²) in [7, 11) is -0.314. The van der Waals surface area contributed by atoms with Crippen molar-refractivity contribution in [3.63, 3.8) is 0 Å². The molecule has 0 amide bonds. The number of nitrogens with zero attached hydrogens (tertiary/aromatic N) is 3. The maximum absolute atomic E-state index is 12.5. The Morgan fingerprint density at radius 3 is 2.35 bits per heavy atom. The van der Waals surface area contributed by atoms with Crippen LogP contribution in [0.15, 0.2) is 41.4 Å². The summed E-state index contributed by atoms with van der Waals surface area (Å²) in [5.41, 5.74) is 3.24. The highest BCUT2D eigenvalue weighted by Gasteiger charge is 2.21. The maximum atomic E-state index is 12.5. The second-order valence-electron chi connectivity index (χ2n) is 8.96. The lowest BCUT2D eigenvalue weighted by Gasteiger charge is -2.30. The first kappa shape index (κ1) is 26.8. The Hall–Kier alpha value is -3.28. The predicted molar refractivity (Wildman–Crippen MR) is 147 cm³/mol. The number of aromatic amines is 1. The minimum atomic E-state index is -3.44. The smallest absolute Gasteiger partial charge is 0.232 e. The second-order valence-corrected chi connectivity index (χ2v) is 10.9. The van der Waals surface area contributed by atoms with E-state index in [9.17, 15) is 13.5 Å². The third-order valence-electron chi connectivity index (χ3n) is 6.54. The third kappa shape index (κ3) is 6.00. The van der Waals surface area contributed by atoms with E-state index in [1.54, 1.807) is 44.6 Å². The van der Waals surface area contributed by atoms with Gasteiger partial charge in [0.25, 0.3) is 0 Å². The highest BCUT2D eigenvalue weighted by Crippen LogP contribution is 2.37. The molecule has 0 saturated carbocycles. The van der Waals surface area contributed by atoms with Crippen LogP contribution in [0.5, 0.6) is 17.4 Å². The van der Waals surface area contributed by atoms with E-state index in [4.69, 9.17) is 14.5 Å². The molecule has 0 aliphatic carbocycles.